The first-order valence-corrected chi connectivity index (χ1v) is 10.7. The molecule has 2 saturated heterocycles. The topological polar surface area (TPSA) is 73.0 Å². The van der Waals surface area contributed by atoms with E-state index in [4.69, 9.17) is 0 Å². The van der Waals surface area contributed by atoms with E-state index in [-0.39, 0.29) is 11.9 Å². The molecule has 2 fully saturated rings. The van der Waals surface area contributed by atoms with Gasteiger partial charge in [0, 0.05) is 45.3 Å². The number of carbonyl (C=O) groups is 1. The van der Waals surface area contributed by atoms with Crippen molar-refractivity contribution < 1.29 is 13.2 Å². The molecule has 1 aromatic carbocycles. The SMILES string of the molecule is CCN(Cc1ccccc1)S(=O)(=O)N1CCCC(N2CCNCC2=O)C1. The predicted octanol–water partition coefficient (Wildman–Crippen LogP) is 0.650. The molecule has 0 aromatic heterocycles. The summed E-state index contributed by atoms with van der Waals surface area (Å²) in [7, 11) is -3.55. The van der Waals surface area contributed by atoms with Gasteiger partial charge in [-0.3, -0.25) is 4.79 Å². The minimum Gasteiger partial charge on any atom is -0.336 e. The number of nitrogens with one attached hydrogen (secondary N) is 1. The van der Waals surface area contributed by atoms with Gasteiger partial charge >= 0.3 is 0 Å². The van der Waals surface area contributed by atoms with E-state index >= 15 is 0 Å². The van der Waals surface area contributed by atoms with E-state index in [1.807, 2.05) is 42.2 Å². The summed E-state index contributed by atoms with van der Waals surface area (Å²) in [6, 6.07) is 9.62. The zero-order chi connectivity index (χ0) is 18.6. The van der Waals surface area contributed by atoms with Crippen LogP contribution in [0.2, 0.25) is 0 Å². The fourth-order valence-corrected chi connectivity index (χ4v) is 5.38. The Kier molecular flexibility index (Phi) is 6.29. The number of hydrogen-bond donors (Lipinski definition) is 1. The first kappa shape index (κ1) is 19.3. The van der Waals surface area contributed by atoms with Crippen molar-refractivity contribution in [1.29, 1.82) is 0 Å². The summed E-state index contributed by atoms with van der Waals surface area (Å²) in [5, 5.41) is 3.07. The zero-order valence-corrected chi connectivity index (χ0v) is 16.1. The van der Waals surface area contributed by atoms with Crippen molar-refractivity contribution in [2.45, 2.75) is 32.4 Å². The molecule has 0 bridgehead atoms. The van der Waals surface area contributed by atoms with Crippen molar-refractivity contribution in [2.75, 3.05) is 39.3 Å². The molecule has 0 aliphatic carbocycles. The third kappa shape index (κ3) is 4.25. The molecule has 3 rings (SSSR count). The lowest BCUT2D eigenvalue weighted by Gasteiger charge is -2.41. The minimum atomic E-state index is -3.55. The molecule has 0 saturated carbocycles. The fourth-order valence-electron chi connectivity index (χ4n) is 3.70. The standard InChI is InChI=1S/C18H28N4O3S/c1-2-20(14-16-7-4-3-5-8-16)26(24,25)21-11-6-9-17(15-21)22-12-10-19-13-18(22)23/h3-5,7-8,17,19H,2,6,9-15H2,1H3. The van der Waals surface area contributed by atoms with Gasteiger partial charge in [-0.05, 0) is 18.4 Å². The summed E-state index contributed by atoms with van der Waals surface area (Å²) in [4.78, 5) is 14.0. The molecule has 1 unspecified atom stereocenters. The fraction of sp³-hybridized carbons (Fsp3) is 0.611. The van der Waals surface area contributed by atoms with Crippen molar-refractivity contribution in [3.05, 3.63) is 35.9 Å². The van der Waals surface area contributed by atoms with Crippen molar-refractivity contribution in [1.82, 2.24) is 18.8 Å². The lowest BCUT2D eigenvalue weighted by Crippen LogP contribution is -2.58. The predicted molar refractivity (Wildman–Crippen MR) is 101 cm³/mol. The second kappa shape index (κ2) is 8.47. The first-order valence-electron chi connectivity index (χ1n) is 9.31. The molecular formula is C18H28N4O3S. The van der Waals surface area contributed by atoms with E-state index in [0.29, 0.717) is 39.3 Å². The molecule has 2 aliphatic heterocycles. The number of piperidine rings is 1. The second-order valence-electron chi connectivity index (χ2n) is 6.84. The molecule has 1 aromatic rings. The summed E-state index contributed by atoms with van der Waals surface area (Å²) in [6.45, 7) is 5.32. The highest BCUT2D eigenvalue weighted by molar-refractivity contribution is 7.86. The molecule has 1 atom stereocenters. The van der Waals surface area contributed by atoms with E-state index in [2.05, 4.69) is 5.32 Å². The van der Waals surface area contributed by atoms with Gasteiger partial charge in [0.2, 0.25) is 5.91 Å². The molecule has 0 spiro atoms. The van der Waals surface area contributed by atoms with E-state index in [9.17, 15) is 13.2 Å². The van der Waals surface area contributed by atoms with Crippen LogP contribution in [0, 0.1) is 0 Å². The summed E-state index contributed by atoms with van der Waals surface area (Å²) in [6.07, 6.45) is 1.65. The van der Waals surface area contributed by atoms with Crippen LogP contribution in [-0.4, -0.2) is 73.1 Å². The number of carbonyl (C=O) groups excluding carboxylic acids is 1. The van der Waals surface area contributed by atoms with Gasteiger partial charge in [0.25, 0.3) is 10.2 Å². The maximum absolute atomic E-state index is 13.2. The van der Waals surface area contributed by atoms with Gasteiger partial charge in [-0.15, -0.1) is 0 Å². The van der Waals surface area contributed by atoms with Gasteiger partial charge < -0.3 is 10.2 Å². The molecule has 144 valence electrons. The molecule has 26 heavy (non-hydrogen) atoms. The van der Waals surface area contributed by atoms with E-state index in [0.717, 1.165) is 24.9 Å². The first-order chi connectivity index (χ1) is 12.5. The normalized spacial score (nSPS) is 22.8. The molecule has 2 heterocycles. The quantitative estimate of drug-likeness (QED) is 0.787. The summed E-state index contributed by atoms with van der Waals surface area (Å²) >= 11 is 0. The number of amides is 1. The van der Waals surface area contributed by atoms with Crippen molar-refractivity contribution in [3.63, 3.8) is 0 Å². The van der Waals surface area contributed by atoms with Gasteiger partial charge in [-0.2, -0.15) is 17.0 Å². The summed E-state index contributed by atoms with van der Waals surface area (Å²) in [5.74, 6) is 0.0668. The highest BCUT2D eigenvalue weighted by atomic mass is 32.2. The van der Waals surface area contributed by atoms with E-state index < -0.39 is 10.2 Å². The van der Waals surface area contributed by atoms with E-state index in [1.54, 1.807) is 4.31 Å². The van der Waals surface area contributed by atoms with Gasteiger partial charge in [0.05, 0.1) is 6.54 Å². The van der Waals surface area contributed by atoms with Crippen molar-refractivity contribution in [3.8, 4) is 0 Å². The van der Waals surface area contributed by atoms with Gasteiger partial charge in [-0.1, -0.05) is 37.3 Å². The Morgan fingerprint density at radius 1 is 1.23 bits per heavy atom. The third-order valence-electron chi connectivity index (χ3n) is 5.13. The maximum atomic E-state index is 13.2. The van der Waals surface area contributed by atoms with Crippen LogP contribution in [0.4, 0.5) is 0 Å². The summed E-state index contributed by atoms with van der Waals surface area (Å²) in [5.41, 5.74) is 0.976. The van der Waals surface area contributed by atoms with Crippen LogP contribution in [0.15, 0.2) is 30.3 Å². The highest BCUT2D eigenvalue weighted by Gasteiger charge is 2.36. The monoisotopic (exact) mass is 380 g/mol. The van der Waals surface area contributed by atoms with Crippen LogP contribution in [0.3, 0.4) is 0 Å². The number of benzene rings is 1. The number of nitrogens with zero attached hydrogens (tertiary/aromatic N) is 3. The Labute approximate surface area is 156 Å². The van der Waals surface area contributed by atoms with Crippen molar-refractivity contribution >= 4 is 16.1 Å². The smallest absolute Gasteiger partial charge is 0.282 e. The Morgan fingerprint density at radius 3 is 2.69 bits per heavy atom. The average Bonchev–Trinajstić information content (AvgIpc) is 2.67. The molecule has 7 nitrogen and oxygen atoms in total. The second-order valence-corrected chi connectivity index (χ2v) is 8.77. The van der Waals surface area contributed by atoms with Gasteiger partial charge in [0.15, 0.2) is 0 Å². The van der Waals surface area contributed by atoms with Gasteiger partial charge in [-0.25, -0.2) is 0 Å². The van der Waals surface area contributed by atoms with Crippen LogP contribution < -0.4 is 5.32 Å². The molecule has 8 heteroatoms. The Bertz CT molecular complexity index is 710. The largest absolute Gasteiger partial charge is 0.336 e. The van der Waals surface area contributed by atoms with Crippen LogP contribution in [0.25, 0.3) is 0 Å². The van der Waals surface area contributed by atoms with E-state index in [1.165, 1.54) is 4.31 Å². The third-order valence-corrected chi connectivity index (χ3v) is 7.16. The Morgan fingerprint density at radius 2 is 2.00 bits per heavy atom. The van der Waals surface area contributed by atoms with Crippen LogP contribution in [0.1, 0.15) is 25.3 Å². The highest BCUT2D eigenvalue weighted by Crippen LogP contribution is 2.22. The maximum Gasteiger partial charge on any atom is 0.282 e. The van der Waals surface area contributed by atoms with Crippen LogP contribution in [0.5, 0.6) is 0 Å². The lowest BCUT2D eigenvalue weighted by molar-refractivity contribution is -0.135. The molecule has 2 aliphatic rings. The average molecular weight is 381 g/mol. The van der Waals surface area contributed by atoms with Crippen LogP contribution in [-0.2, 0) is 21.5 Å². The van der Waals surface area contributed by atoms with Crippen molar-refractivity contribution in [2.24, 2.45) is 0 Å². The Hall–Kier alpha value is -1.48. The molecule has 1 N–H and O–H groups in total. The zero-order valence-electron chi connectivity index (χ0n) is 15.3. The molecular weight excluding hydrogens is 352 g/mol. The Balaban J connectivity index is 1.71. The number of rotatable bonds is 6. The number of piperazine rings is 1. The molecule has 0 radical (unpaired) electrons. The van der Waals surface area contributed by atoms with Crippen LogP contribution >= 0.6 is 0 Å². The number of hydrogen-bond acceptors (Lipinski definition) is 4. The lowest BCUT2D eigenvalue weighted by atomic mass is 10.1. The summed E-state index contributed by atoms with van der Waals surface area (Å²) < 4.78 is 29.4. The molecule has 1 amide bonds. The van der Waals surface area contributed by atoms with Gasteiger partial charge in [0.1, 0.15) is 0 Å². The minimum absolute atomic E-state index is 0.0245.